The minimum atomic E-state index is -0.260. The first-order chi connectivity index (χ1) is 23.6. The summed E-state index contributed by atoms with van der Waals surface area (Å²) in [5.74, 6) is 0.940. The normalized spacial score (nSPS) is 15.4. The van der Waals surface area contributed by atoms with E-state index in [9.17, 15) is 4.39 Å². The molecule has 3 aromatic heterocycles. The number of aryl methyl sites for hydroxylation is 1. The first-order valence-electron chi connectivity index (χ1n) is 17.0. The highest BCUT2D eigenvalue weighted by Crippen LogP contribution is 2.29. The van der Waals surface area contributed by atoms with Crippen LogP contribution in [-0.4, -0.2) is 63.8 Å². The smallest absolute Gasteiger partial charge is 0.178 e. The molecule has 0 bridgehead atoms. The average molecular weight is 661 g/mol. The third-order valence-electron chi connectivity index (χ3n) is 8.97. The molecule has 8 nitrogen and oxygen atoms in total. The maximum Gasteiger partial charge on any atom is 0.178 e. The van der Waals surface area contributed by atoms with Crippen molar-refractivity contribution in [3.63, 3.8) is 0 Å². The van der Waals surface area contributed by atoms with Crippen LogP contribution in [0.3, 0.4) is 0 Å². The Balaban J connectivity index is 1.35. The monoisotopic (exact) mass is 660 g/mol. The van der Waals surface area contributed by atoms with Gasteiger partial charge in [0.05, 0.1) is 10.9 Å². The van der Waals surface area contributed by atoms with E-state index in [0.717, 1.165) is 89.0 Å². The number of benzene rings is 1. The highest BCUT2D eigenvalue weighted by atomic mass is 19.1. The van der Waals surface area contributed by atoms with Crippen LogP contribution in [0.25, 0.3) is 46.5 Å². The number of piperidine rings is 1. The van der Waals surface area contributed by atoms with Crippen molar-refractivity contribution in [2.24, 2.45) is 5.92 Å². The lowest BCUT2D eigenvalue weighted by molar-refractivity contribution is 0.368. The predicted molar refractivity (Wildman–Crippen MR) is 201 cm³/mol. The first-order valence-corrected chi connectivity index (χ1v) is 17.0. The topological polar surface area (TPSA) is 97.6 Å². The zero-order chi connectivity index (χ0) is 34.9. The van der Waals surface area contributed by atoms with Crippen LogP contribution in [0.1, 0.15) is 45.1 Å². The maximum atomic E-state index is 14.7. The Morgan fingerprint density at radius 3 is 2.71 bits per heavy atom. The number of pyridine rings is 1. The van der Waals surface area contributed by atoms with Crippen LogP contribution in [0.15, 0.2) is 90.5 Å². The Kier molecular flexibility index (Phi) is 11.9. The average Bonchev–Trinajstić information content (AvgIpc) is 3.68. The standard InChI is InChI=1S/C40H49FN8/c1-8-31(25-34(9-2)44-27(4)21-29-14-17-42-18-15-29)26(3)12-13-36-28(5)37(48-47-36)40-45-38-35(16-19-43-39(38)46-40)32-22-30(23-33(41)24-32)11-10-20-49(6)7/h8-9,12-13,16,19,22-25,29,42,44,47H,2,4-5,10-11,14-15,17-18,20-21H2,1,3,6-7H3,(H,43,45,46)/b26-12+,31-8+,34-25+,36-13+. The number of aromatic amines is 2. The van der Waals surface area contributed by atoms with Crippen molar-refractivity contribution < 1.29 is 4.39 Å². The maximum absolute atomic E-state index is 14.7. The van der Waals surface area contributed by atoms with E-state index >= 15 is 0 Å². The van der Waals surface area contributed by atoms with E-state index in [2.05, 4.69) is 74.5 Å². The lowest BCUT2D eigenvalue weighted by Crippen LogP contribution is -2.28. The van der Waals surface area contributed by atoms with Gasteiger partial charge in [0, 0.05) is 28.4 Å². The minimum absolute atomic E-state index is 0.260. The van der Waals surface area contributed by atoms with Gasteiger partial charge in [0.1, 0.15) is 11.5 Å². The van der Waals surface area contributed by atoms with Gasteiger partial charge in [-0.05, 0) is 144 Å². The van der Waals surface area contributed by atoms with Crippen LogP contribution in [0.5, 0.6) is 0 Å². The molecule has 0 spiro atoms. The van der Waals surface area contributed by atoms with Crippen molar-refractivity contribution in [3.8, 4) is 22.6 Å². The molecule has 49 heavy (non-hydrogen) atoms. The molecular weight excluding hydrogens is 611 g/mol. The second-order valence-electron chi connectivity index (χ2n) is 13.1. The molecule has 256 valence electrons. The zero-order valence-corrected chi connectivity index (χ0v) is 29.3. The fraction of sp³-hybridized carbons (Fsp3) is 0.325. The Hall–Kier alpha value is -4.86. The fourth-order valence-corrected chi connectivity index (χ4v) is 6.26. The summed E-state index contributed by atoms with van der Waals surface area (Å²) in [5, 5.41) is 16.0. The largest absolute Gasteiger partial charge is 0.359 e. The summed E-state index contributed by atoms with van der Waals surface area (Å²) in [7, 11) is 4.09. The van der Waals surface area contributed by atoms with Gasteiger partial charge >= 0.3 is 0 Å². The molecule has 5 rings (SSSR count). The zero-order valence-electron chi connectivity index (χ0n) is 29.3. The van der Waals surface area contributed by atoms with Gasteiger partial charge in [0.2, 0.25) is 0 Å². The van der Waals surface area contributed by atoms with E-state index in [1.807, 2.05) is 51.4 Å². The highest BCUT2D eigenvalue weighted by molar-refractivity contribution is 5.91. The van der Waals surface area contributed by atoms with E-state index in [1.54, 1.807) is 18.3 Å². The molecular formula is C40H49FN8. The van der Waals surface area contributed by atoms with Crippen LogP contribution in [0, 0.1) is 11.7 Å². The van der Waals surface area contributed by atoms with E-state index in [1.165, 1.54) is 12.8 Å². The summed E-state index contributed by atoms with van der Waals surface area (Å²) < 4.78 is 14.7. The second kappa shape index (κ2) is 16.5. The Labute approximate surface area is 289 Å². The third kappa shape index (κ3) is 9.19. The van der Waals surface area contributed by atoms with Crippen molar-refractivity contribution >= 4 is 23.8 Å². The van der Waals surface area contributed by atoms with Gasteiger partial charge in [0.15, 0.2) is 11.5 Å². The number of rotatable bonds is 14. The Bertz CT molecular complexity index is 2000. The summed E-state index contributed by atoms with van der Waals surface area (Å²) >= 11 is 0. The molecule has 4 aromatic rings. The van der Waals surface area contributed by atoms with Crippen LogP contribution in [0.4, 0.5) is 4.39 Å². The van der Waals surface area contributed by atoms with E-state index in [-0.39, 0.29) is 5.82 Å². The van der Waals surface area contributed by atoms with Gasteiger partial charge in [-0.1, -0.05) is 38.0 Å². The number of imidazole rings is 1. The molecule has 4 heterocycles. The summed E-state index contributed by atoms with van der Waals surface area (Å²) in [6.45, 7) is 19.8. The van der Waals surface area contributed by atoms with Crippen LogP contribution in [-0.2, 0) is 6.42 Å². The molecule has 9 heteroatoms. The predicted octanol–water partition coefficient (Wildman–Crippen LogP) is 6.29. The lowest BCUT2D eigenvalue weighted by Gasteiger charge is -2.24. The Morgan fingerprint density at radius 2 is 1.98 bits per heavy atom. The number of hydrogen-bond donors (Lipinski definition) is 4. The molecule has 4 N–H and O–H groups in total. The molecule has 1 saturated heterocycles. The van der Waals surface area contributed by atoms with E-state index < -0.39 is 0 Å². The van der Waals surface area contributed by atoms with Crippen molar-refractivity contribution in [1.82, 2.24) is 40.7 Å². The summed E-state index contributed by atoms with van der Waals surface area (Å²) in [5.41, 5.74) is 8.48. The quantitative estimate of drug-likeness (QED) is 0.119. The van der Waals surface area contributed by atoms with E-state index in [0.29, 0.717) is 28.3 Å². The first kappa shape index (κ1) is 35.4. The number of allylic oxidation sites excluding steroid dienone is 7. The fourth-order valence-electron chi connectivity index (χ4n) is 6.26. The highest BCUT2D eigenvalue weighted by Gasteiger charge is 2.16. The van der Waals surface area contributed by atoms with Crippen molar-refractivity contribution in [2.75, 3.05) is 33.7 Å². The molecule has 1 aliphatic heterocycles. The minimum Gasteiger partial charge on any atom is -0.359 e. The summed E-state index contributed by atoms with van der Waals surface area (Å²) in [6, 6.07) is 7.10. The van der Waals surface area contributed by atoms with Crippen LogP contribution < -0.4 is 21.2 Å². The van der Waals surface area contributed by atoms with E-state index in [4.69, 9.17) is 4.98 Å². The van der Waals surface area contributed by atoms with Gasteiger partial charge in [-0.25, -0.2) is 14.4 Å². The van der Waals surface area contributed by atoms with Gasteiger partial charge in [-0.2, -0.15) is 5.10 Å². The number of fused-ring (bicyclic) bond motifs is 1. The molecule has 1 aromatic carbocycles. The van der Waals surface area contributed by atoms with Crippen molar-refractivity contribution in [3.05, 3.63) is 112 Å². The SMILES string of the molecule is C=C\C(=C/C(=C\C)C(/C)=C/C=c1/[nH]nc(-c2nc3nccc(-c4cc(F)cc(CCCN(C)C)c4)c3[nH]2)c1=C)NC(=C)CC1CCNCC1. The molecule has 0 amide bonds. The lowest BCUT2D eigenvalue weighted by atomic mass is 9.93. The number of halogens is 1. The summed E-state index contributed by atoms with van der Waals surface area (Å²) in [6.07, 6.45) is 16.8. The molecule has 0 radical (unpaired) electrons. The molecule has 0 atom stereocenters. The van der Waals surface area contributed by atoms with Crippen LogP contribution in [0.2, 0.25) is 0 Å². The van der Waals surface area contributed by atoms with Gasteiger partial charge in [-0.3, -0.25) is 5.10 Å². The van der Waals surface area contributed by atoms with Crippen molar-refractivity contribution in [1.29, 1.82) is 0 Å². The molecule has 0 aliphatic carbocycles. The molecule has 0 unspecified atom stereocenters. The second-order valence-corrected chi connectivity index (χ2v) is 13.1. The third-order valence-corrected chi connectivity index (χ3v) is 8.97. The number of nitrogens with zero attached hydrogens (tertiary/aromatic N) is 4. The molecule has 0 saturated carbocycles. The molecule has 1 fully saturated rings. The summed E-state index contributed by atoms with van der Waals surface area (Å²) in [4.78, 5) is 14.7. The van der Waals surface area contributed by atoms with Gasteiger partial charge in [-0.15, -0.1) is 0 Å². The number of hydrogen-bond acceptors (Lipinski definition) is 6. The number of aromatic nitrogens is 5. The number of nitrogens with one attached hydrogen (secondary N) is 4. The van der Waals surface area contributed by atoms with Gasteiger partial charge in [0.25, 0.3) is 0 Å². The molecule has 1 aliphatic rings. The Morgan fingerprint density at radius 1 is 1.18 bits per heavy atom. The van der Waals surface area contributed by atoms with Crippen LogP contribution >= 0.6 is 0 Å². The van der Waals surface area contributed by atoms with Gasteiger partial charge < -0.3 is 20.5 Å². The number of H-pyrrole nitrogens is 2. The van der Waals surface area contributed by atoms with Crippen molar-refractivity contribution in [2.45, 2.75) is 46.0 Å².